The number of carbonyl (C=O) groups is 2. The summed E-state index contributed by atoms with van der Waals surface area (Å²) in [6.07, 6.45) is 0. The summed E-state index contributed by atoms with van der Waals surface area (Å²) >= 11 is 0. The number of non-ortho nitro benzene ring substituents is 1. The van der Waals surface area contributed by atoms with E-state index >= 15 is 0 Å². The standard InChI is InChI=1S/C34H50N4O6/c1-13-37(26-18-14-24(15-19-26)35-36-25-16-20-27(21-17-25)38(41)42)22-23-44-29(40)34(11,30(2,3)4)33(9,10)32(7,8)31(5,6)28(39)43-12/h14-21H,13,22-23H2,1-12H3. The minimum Gasteiger partial charge on any atom is -0.469 e. The number of likely N-dealkylation sites (N-methyl/N-ethyl adjacent to an activating group) is 1. The largest absolute Gasteiger partial charge is 0.469 e. The number of azo groups is 1. The van der Waals surface area contributed by atoms with Gasteiger partial charge in [-0.2, -0.15) is 10.2 Å². The quantitative estimate of drug-likeness (QED) is 0.0961. The van der Waals surface area contributed by atoms with Crippen molar-refractivity contribution in [3.05, 3.63) is 58.6 Å². The third-order valence-electron chi connectivity index (χ3n) is 10.5. The topological polar surface area (TPSA) is 124 Å². The van der Waals surface area contributed by atoms with Gasteiger partial charge >= 0.3 is 11.9 Å². The zero-order chi connectivity index (χ0) is 33.7. The molecular formula is C34H50N4O6. The van der Waals surface area contributed by atoms with Gasteiger partial charge in [-0.1, -0.05) is 48.5 Å². The lowest BCUT2D eigenvalue weighted by molar-refractivity contribution is -0.384. The Labute approximate surface area is 262 Å². The van der Waals surface area contributed by atoms with Gasteiger partial charge in [0.1, 0.15) is 6.61 Å². The number of nitro benzene ring substituents is 1. The zero-order valence-electron chi connectivity index (χ0n) is 28.5. The molecule has 10 heteroatoms. The van der Waals surface area contributed by atoms with Crippen molar-refractivity contribution in [3.63, 3.8) is 0 Å². The molecule has 0 saturated carbocycles. The Balaban J connectivity index is 2.18. The normalized spacial score (nSPS) is 14.2. The van der Waals surface area contributed by atoms with E-state index in [9.17, 15) is 19.7 Å². The number of hydrogen-bond acceptors (Lipinski definition) is 9. The first kappa shape index (κ1) is 36.4. The second-order valence-electron chi connectivity index (χ2n) is 13.9. The molecule has 0 fully saturated rings. The lowest BCUT2D eigenvalue weighted by Gasteiger charge is -2.60. The molecule has 10 nitrogen and oxygen atoms in total. The molecule has 1 unspecified atom stereocenters. The summed E-state index contributed by atoms with van der Waals surface area (Å²) in [5.41, 5.74) is -1.56. The molecule has 0 aliphatic heterocycles. The van der Waals surface area contributed by atoms with Gasteiger partial charge in [0.25, 0.3) is 5.69 Å². The van der Waals surface area contributed by atoms with Gasteiger partial charge in [0, 0.05) is 24.4 Å². The van der Waals surface area contributed by atoms with Gasteiger partial charge in [-0.3, -0.25) is 19.7 Å². The monoisotopic (exact) mass is 610 g/mol. The van der Waals surface area contributed by atoms with Gasteiger partial charge in [0.05, 0.1) is 40.8 Å². The molecule has 0 aromatic heterocycles. The second-order valence-corrected chi connectivity index (χ2v) is 13.9. The summed E-state index contributed by atoms with van der Waals surface area (Å²) < 4.78 is 11.2. The molecule has 44 heavy (non-hydrogen) atoms. The van der Waals surface area contributed by atoms with Crippen molar-refractivity contribution in [2.45, 2.75) is 76.2 Å². The van der Waals surface area contributed by atoms with Crippen LogP contribution in [0.3, 0.4) is 0 Å². The van der Waals surface area contributed by atoms with E-state index in [0.717, 1.165) is 5.69 Å². The molecule has 2 rings (SSSR count). The number of methoxy groups -OCH3 is 1. The van der Waals surface area contributed by atoms with Crippen LogP contribution in [0.15, 0.2) is 58.8 Å². The van der Waals surface area contributed by atoms with E-state index < -0.39 is 32.0 Å². The highest BCUT2D eigenvalue weighted by Gasteiger charge is 2.65. The van der Waals surface area contributed by atoms with Crippen molar-refractivity contribution in [3.8, 4) is 0 Å². The van der Waals surface area contributed by atoms with Crippen LogP contribution in [0, 0.1) is 37.2 Å². The van der Waals surface area contributed by atoms with Gasteiger partial charge in [0.15, 0.2) is 0 Å². The fraction of sp³-hybridized carbons (Fsp3) is 0.588. The Morgan fingerprint density at radius 1 is 0.795 bits per heavy atom. The van der Waals surface area contributed by atoms with Crippen molar-refractivity contribution >= 4 is 34.7 Å². The Bertz CT molecular complexity index is 1340. The Kier molecular flexibility index (Phi) is 11.1. The molecule has 0 bridgehead atoms. The number of esters is 2. The summed E-state index contributed by atoms with van der Waals surface area (Å²) in [6, 6.07) is 13.4. The minimum atomic E-state index is -0.956. The number of nitrogens with zero attached hydrogens (tertiary/aromatic N) is 4. The SMILES string of the molecule is CCN(CCOC(=O)C(C)(C(C)(C)C)C(C)(C)C(C)(C)C(C)(C)C(=O)OC)c1ccc(N=Nc2ccc([N+](=O)[O-])cc2)cc1. The number of ether oxygens (including phenoxy) is 2. The summed E-state index contributed by atoms with van der Waals surface area (Å²) in [5, 5.41) is 19.2. The molecule has 0 saturated heterocycles. The minimum absolute atomic E-state index is 0.00302. The number of anilines is 1. The maximum Gasteiger partial charge on any atom is 0.312 e. The molecular weight excluding hydrogens is 560 g/mol. The maximum absolute atomic E-state index is 14.1. The van der Waals surface area contributed by atoms with E-state index in [1.165, 1.54) is 19.2 Å². The third-order valence-corrected chi connectivity index (χ3v) is 10.5. The van der Waals surface area contributed by atoms with E-state index in [4.69, 9.17) is 9.47 Å². The van der Waals surface area contributed by atoms with Crippen molar-refractivity contribution in [1.29, 1.82) is 0 Å². The third kappa shape index (κ3) is 6.94. The van der Waals surface area contributed by atoms with Crippen LogP contribution in [0.5, 0.6) is 0 Å². The van der Waals surface area contributed by atoms with Gasteiger partial charge in [0.2, 0.25) is 0 Å². The van der Waals surface area contributed by atoms with Crippen molar-refractivity contribution in [2.24, 2.45) is 37.3 Å². The lowest BCUT2D eigenvalue weighted by Crippen LogP contribution is -2.62. The van der Waals surface area contributed by atoms with E-state index in [0.29, 0.717) is 24.5 Å². The number of nitro groups is 1. The van der Waals surface area contributed by atoms with E-state index in [1.807, 2.05) is 100 Å². The summed E-state index contributed by atoms with van der Waals surface area (Å²) in [4.78, 5) is 39.4. The summed E-state index contributed by atoms with van der Waals surface area (Å²) in [6.45, 7) is 23.4. The van der Waals surface area contributed by atoms with Crippen LogP contribution in [0.1, 0.15) is 76.2 Å². The molecule has 0 N–H and O–H groups in total. The first-order valence-corrected chi connectivity index (χ1v) is 15.0. The first-order valence-electron chi connectivity index (χ1n) is 15.0. The van der Waals surface area contributed by atoms with Crippen LogP contribution in [0.2, 0.25) is 0 Å². The number of benzene rings is 2. The highest BCUT2D eigenvalue weighted by atomic mass is 16.6. The zero-order valence-corrected chi connectivity index (χ0v) is 28.5. The van der Waals surface area contributed by atoms with Gasteiger partial charge in [-0.05, 0) is 80.3 Å². The molecule has 2 aromatic carbocycles. The van der Waals surface area contributed by atoms with Gasteiger partial charge in [-0.25, -0.2) is 0 Å². The molecule has 1 atom stereocenters. The van der Waals surface area contributed by atoms with Crippen molar-refractivity contribution in [1.82, 2.24) is 0 Å². The number of hydrogen-bond donors (Lipinski definition) is 0. The molecule has 0 aliphatic carbocycles. The second kappa shape index (κ2) is 13.4. The number of carbonyl (C=O) groups excluding carboxylic acids is 2. The molecule has 0 heterocycles. The van der Waals surface area contributed by atoms with Gasteiger partial charge in [-0.15, -0.1) is 0 Å². The Morgan fingerprint density at radius 3 is 1.68 bits per heavy atom. The van der Waals surface area contributed by atoms with Crippen LogP contribution in [-0.2, 0) is 19.1 Å². The van der Waals surface area contributed by atoms with Crippen molar-refractivity contribution < 1.29 is 24.0 Å². The predicted molar refractivity (Wildman–Crippen MR) is 173 cm³/mol. The van der Waals surface area contributed by atoms with Crippen LogP contribution < -0.4 is 4.90 Å². The first-order chi connectivity index (χ1) is 20.2. The fourth-order valence-electron chi connectivity index (χ4n) is 5.76. The summed E-state index contributed by atoms with van der Waals surface area (Å²) in [7, 11) is 1.39. The Morgan fingerprint density at radius 2 is 1.27 bits per heavy atom. The maximum atomic E-state index is 14.1. The van der Waals surface area contributed by atoms with Crippen molar-refractivity contribution in [2.75, 3.05) is 31.7 Å². The average Bonchev–Trinajstić information content (AvgIpc) is 2.96. The van der Waals surface area contributed by atoms with Crippen LogP contribution in [-0.4, -0.2) is 43.7 Å². The molecule has 0 spiro atoms. The highest BCUT2D eigenvalue weighted by Crippen LogP contribution is 2.64. The Hall–Kier alpha value is -3.82. The van der Waals surface area contributed by atoms with E-state index in [1.54, 1.807) is 12.1 Å². The predicted octanol–water partition coefficient (Wildman–Crippen LogP) is 8.68. The summed E-state index contributed by atoms with van der Waals surface area (Å²) in [5.74, 6) is -0.626. The molecule has 242 valence electrons. The lowest BCUT2D eigenvalue weighted by atomic mass is 9.42. The molecule has 0 aliphatic rings. The van der Waals surface area contributed by atoms with Crippen LogP contribution >= 0.6 is 0 Å². The smallest absolute Gasteiger partial charge is 0.312 e. The van der Waals surface area contributed by atoms with Crippen LogP contribution in [0.4, 0.5) is 22.7 Å². The van der Waals surface area contributed by atoms with Gasteiger partial charge < -0.3 is 14.4 Å². The van der Waals surface area contributed by atoms with Crippen LogP contribution in [0.25, 0.3) is 0 Å². The molecule has 0 amide bonds. The van der Waals surface area contributed by atoms with E-state index in [2.05, 4.69) is 15.1 Å². The number of rotatable bonds is 13. The molecule has 0 radical (unpaired) electrons. The fourth-order valence-corrected chi connectivity index (χ4v) is 5.76. The highest BCUT2D eigenvalue weighted by molar-refractivity contribution is 5.80. The average molecular weight is 611 g/mol. The van der Waals surface area contributed by atoms with E-state index in [-0.39, 0.29) is 24.2 Å². The molecule has 2 aromatic rings.